The molecule has 1 unspecified atom stereocenters. The van der Waals surface area contributed by atoms with Crippen molar-refractivity contribution in [3.8, 4) is 0 Å². The van der Waals surface area contributed by atoms with Crippen LogP contribution < -0.4 is 0 Å². The molecule has 0 bridgehead atoms. The minimum Gasteiger partial charge on any atom is -0.339 e. The summed E-state index contributed by atoms with van der Waals surface area (Å²) in [6.07, 6.45) is 12.6. The topological polar surface area (TPSA) is 23.6 Å². The standard InChI is InChI=1S/C18H32N2O/c1-19-12-7-10-16(14-19)17-11-5-6-13-20(17)18(21)15-8-3-2-4-9-15/h15-17H,2-14H2,1H3/t16?,17-/m0/s1. The van der Waals surface area contributed by atoms with Crippen LogP contribution in [0.15, 0.2) is 0 Å². The molecule has 2 atom stereocenters. The van der Waals surface area contributed by atoms with Crippen molar-refractivity contribution in [3.05, 3.63) is 0 Å². The Hall–Kier alpha value is -0.570. The van der Waals surface area contributed by atoms with Crippen molar-refractivity contribution in [2.75, 3.05) is 26.7 Å². The van der Waals surface area contributed by atoms with Gasteiger partial charge in [0.15, 0.2) is 0 Å². The first-order chi connectivity index (χ1) is 10.3. The van der Waals surface area contributed by atoms with Crippen LogP contribution in [0, 0.1) is 11.8 Å². The lowest BCUT2D eigenvalue weighted by Crippen LogP contribution is -2.53. The quantitative estimate of drug-likeness (QED) is 0.780. The van der Waals surface area contributed by atoms with Gasteiger partial charge in [-0.3, -0.25) is 4.79 Å². The monoisotopic (exact) mass is 292 g/mol. The summed E-state index contributed by atoms with van der Waals surface area (Å²) in [6, 6.07) is 0.538. The highest BCUT2D eigenvalue weighted by molar-refractivity contribution is 5.79. The summed E-state index contributed by atoms with van der Waals surface area (Å²) >= 11 is 0. The third-order valence-corrected chi connectivity index (χ3v) is 5.99. The molecule has 1 aliphatic carbocycles. The zero-order valence-corrected chi connectivity index (χ0v) is 13.7. The Bertz CT molecular complexity index is 351. The molecule has 2 heterocycles. The van der Waals surface area contributed by atoms with Gasteiger partial charge in [0.25, 0.3) is 0 Å². The van der Waals surface area contributed by atoms with E-state index in [4.69, 9.17) is 0 Å². The van der Waals surface area contributed by atoms with Crippen LogP contribution in [-0.2, 0) is 4.79 Å². The van der Waals surface area contributed by atoms with Gasteiger partial charge in [-0.25, -0.2) is 0 Å². The third-order valence-electron chi connectivity index (χ3n) is 5.99. The van der Waals surface area contributed by atoms with E-state index in [-0.39, 0.29) is 0 Å². The fraction of sp³-hybridized carbons (Fsp3) is 0.944. The van der Waals surface area contributed by atoms with Gasteiger partial charge in [0.1, 0.15) is 0 Å². The number of hydrogen-bond acceptors (Lipinski definition) is 2. The van der Waals surface area contributed by atoms with E-state index in [2.05, 4.69) is 16.8 Å². The van der Waals surface area contributed by atoms with Gasteiger partial charge in [-0.1, -0.05) is 19.3 Å². The number of nitrogens with zero attached hydrogens (tertiary/aromatic N) is 2. The molecular formula is C18H32N2O. The summed E-state index contributed by atoms with van der Waals surface area (Å²) in [5, 5.41) is 0. The van der Waals surface area contributed by atoms with Gasteiger partial charge >= 0.3 is 0 Å². The Labute approximate surface area is 130 Å². The average Bonchev–Trinajstić information content (AvgIpc) is 2.55. The lowest BCUT2D eigenvalue weighted by molar-refractivity contribution is -0.142. The van der Waals surface area contributed by atoms with Crippen molar-refractivity contribution in [2.24, 2.45) is 11.8 Å². The third kappa shape index (κ3) is 3.61. The number of likely N-dealkylation sites (tertiary alicyclic amines) is 2. The molecule has 0 spiro atoms. The summed E-state index contributed by atoms with van der Waals surface area (Å²) in [5.41, 5.74) is 0. The fourth-order valence-corrected chi connectivity index (χ4v) is 4.83. The number of piperidine rings is 2. The summed E-state index contributed by atoms with van der Waals surface area (Å²) in [5.74, 6) is 1.57. The summed E-state index contributed by atoms with van der Waals surface area (Å²) < 4.78 is 0. The van der Waals surface area contributed by atoms with Crippen LogP contribution >= 0.6 is 0 Å². The number of carbonyl (C=O) groups is 1. The normalized spacial score (nSPS) is 33.1. The maximum Gasteiger partial charge on any atom is 0.225 e. The first-order valence-corrected chi connectivity index (χ1v) is 9.25. The highest BCUT2D eigenvalue weighted by atomic mass is 16.2. The van der Waals surface area contributed by atoms with Crippen LogP contribution in [0.2, 0.25) is 0 Å². The molecule has 120 valence electrons. The largest absolute Gasteiger partial charge is 0.339 e. The second kappa shape index (κ2) is 7.13. The molecule has 3 aliphatic rings. The Balaban J connectivity index is 1.66. The Morgan fingerprint density at radius 1 is 0.857 bits per heavy atom. The Morgan fingerprint density at radius 3 is 2.38 bits per heavy atom. The molecule has 3 fully saturated rings. The van der Waals surface area contributed by atoms with Gasteiger partial charge in [-0.2, -0.15) is 0 Å². The number of carbonyl (C=O) groups excluding carboxylic acids is 1. The molecular weight excluding hydrogens is 260 g/mol. The van der Waals surface area contributed by atoms with Crippen LogP contribution in [0.4, 0.5) is 0 Å². The molecule has 0 N–H and O–H groups in total. The summed E-state index contributed by atoms with van der Waals surface area (Å²) in [6.45, 7) is 3.46. The van der Waals surface area contributed by atoms with Gasteiger partial charge in [0.05, 0.1) is 0 Å². The Kier molecular flexibility index (Phi) is 5.20. The number of rotatable bonds is 2. The van der Waals surface area contributed by atoms with E-state index < -0.39 is 0 Å². The van der Waals surface area contributed by atoms with E-state index >= 15 is 0 Å². The minimum atomic E-state index is 0.348. The van der Waals surface area contributed by atoms with Crippen LogP contribution in [-0.4, -0.2) is 48.4 Å². The molecule has 3 nitrogen and oxygen atoms in total. The molecule has 1 amide bonds. The van der Waals surface area contributed by atoms with Gasteiger partial charge in [0.2, 0.25) is 5.91 Å². The van der Waals surface area contributed by atoms with Crippen molar-refractivity contribution in [1.82, 2.24) is 9.80 Å². The van der Waals surface area contributed by atoms with Crippen LogP contribution in [0.1, 0.15) is 64.2 Å². The molecule has 2 aliphatic heterocycles. The van der Waals surface area contributed by atoms with Crippen molar-refractivity contribution in [2.45, 2.75) is 70.3 Å². The van der Waals surface area contributed by atoms with E-state index in [1.807, 2.05) is 0 Å². The SMILES string of the molecule is CN1CCCC([C@@H]2CCCCN2C(=O)C2CCCCC2)C1. The lowest BCUT2D eigenvalue weighted by Gasteiger charge is -2.45. The second-order valence-corrected chi connectivity index (χ2v) is 7.59. The van der Waals surface area contributed by atoms with Crippen LogP contribution in [0.5, 0.6) is 0 Å². The molecule has 1 saturated carbocycles. The minimum absolute atomic E-state index is 0.348. The number of amides is 1. The van der Waals surface area contributed by atoms with Gasteiger partial charge in [-0.05, 0) is 64.5 Å². The Morgan fingerprint density at radius 2 is 1.62 bits per heavy atom. The van der Waals surface area contributed by atoms with Crippen molar-refractivity contribution >= 4 is 5.91 Å². The van der Waals surface area contributed by atoms with Crippen molar-refractivity contribution in [3.63, 3.8) is 0 Å². The first kappa shape index (κ1) is 15.3. The fourth-order valence-electron chi connectivity index (χ4n) is 4.83. The highest BCUT2D eigenvalue weighted by Crippen LogP contribution is 2.33. The zero-order chi connectivity index (χ0) is 14.7. The lowest BCUT2D eigenvalue weighted by atomic mass is 9.82. The summed E-state index contributed by atoms with van der Waals surface area (Å²) in [4.78, 5) is 17.8. The van der Waals surface area contributed by atoms with E-state index in [1.165, 1.54) is 64.5 Å². The molecule has 3 heteroatoms. The molecule has 0 aromatic heterocycles. The highest BCUT2D eigenvalue weighted by Gasteiger charge is 2.37. The van der Waals surface area contributed by atoms with E-state index in [9.17, 15) is 4.79 Å². The maximum atomic E-state index is 13.0. The molecule has 0 aromatic rings. The smallest absolute Gasteiger partial charge is 0.225 e. The molecule has 3 rings (SSSR count). The molecule has 0 radical (unpaired) electrons. The zero-order valence-electron chi connectivity index (χ0n) is 13.7. The van der Waals surface area contributed by atoms with E-state index in [0.717, 1.165) is 25.3 Å². The molecule has 2 saturated heterocycles. The maximum absolute atomic E-state index is 13.0. The first-order valence-electron chi connectivity index (χ1n) is 9.25. The number of hydrogen-bond donors (Lipinski definition) is 0. The second-order valence-electron chi connectivity index (χ2n) is 7.59. The molecule has 0 aromatic carbocycles. The van der Waals surface area contributed by atoms with Gasteiger partial charge in [0, 0.05) is 25.0 Å². The predicted octanol–water partition coefficient (Wildman–Crippen LogP) is 3.29. The van der Waals surface area contributed by atoms with Gasteiger partial charge < -0.3 is 9.80 Å². The van der Waals surface area contributed by atoms with Crippen molar-refractivity contribution in [1.29, 1.82) is 0 Å². The predicted molar refractivity (Wildman–Crippen MR) is 86.1 cm³/mol. The van der Waals surface area contributed by atoms with Crippen LogP contribution in [0.3, 0.4) is 0 Å². The van der Waals surface area contributed by atoms with E-state index in [1.54, 1.807) is 0 Å². The molecule has 21 heavy (non-hydrogen) atoms. The van der Waals surface area contributed by atoms with Crippen LogP contribution in [0.25, 0.3) is 0 Å². The van der Waals surface area contributed by atoms with Gasteiger partial charge in [-0.15, -0.1) is 0 Å². The average molecular weight is 292 g/mol. The van der Waals surface area contributed by atoms with E-state index in [0.29, 0.717) is 17.9 Å². The summed E-state index contributed by atoms with van der Waals surface area (Å²) in [7, 11) is 2.24. The van der Waals surface area contributed by atoms with Crippen molar-refractivity contribution < 1.29 is 4.79 Å².